The molecule has 2 atom stereocenters. The average Bonchev–Trinajstić information content (AvgIpc) is 2.60. The molecule has 1 heterocycles. The fourth-order valence-electron chi connectivity index (χ4n) is 2.91. The standard InChI is InChI=1S/C10H17NO2/c1-10-5-3-4-8(10)11(7-6-10)9(12)13-2/h8H,3-7H2,1-2H3/t8-,10-/m0/s1. The van der Waals surface area contributed by atoms with Crippen molar-refractivity contribution in [3.05, 3.63) is 0 Å². The van der Waals surface area contributed by atoms with Gasteiger partial charge in [0.1, 0.15) is 0 Å². The van der Waals surface area contributed by atoms with Gasteiger partial charge in [-0.1, -0.05) is 13.3 Å². The fraction of sp³-hybridized carbons (Fsp3) is 0.900. The summed E-state index contributed by atoms with van der Waals surface area (Å²) >= 11 is 0. The monoisotopic (exact) mass is 183 g/mol. The van der Waals surface area contributed by atoms with Crippen molar-refractivity contribution in [3.8, 4) is 0 Å². The quantitative estimate of drug-likeness (QED) is 0.575. The molecule has 0 aromatic carbocycles. The van der Waals surface area contributed by atoms with Crippen LogP contribution in [0, 0.1) is 5.41 Å². The van der Waals surface area contributed by atoms with Crippen molar-refractivity contribution >= 4 is 6.09 Å². The minimum absolute atomic E-state index is 0.143. The van der Waals surface area contributed by atoms with Crippen LogP contribution in [0.2, 0.25) is 0 Å². The predicted octanol–water partition coefficient (Wildman–Crippen LogP) is 2.02. The van der Waals surface area contributed by atoms with Crippen LogP contribution in [0.25, 0.3) is 0 Å². The molecule has 0 aromatic rings. The molecule has 0 N–H and O–H groups in total. The Hall–Kier alpha value is -0.730. The number of ether oxygens (including phenoxy) is 1. The Morgan fingerprint density at radius 1 is 1.54 bits per heavy atom. The number of carbonyl (C=O) groups excluding carboxylic acids is 1. The van der Waals surface area contributed by atoms with Crippen molar-refractivity contribution in [3.63, 3.8) is 0 Å². The maximum absolute atomic E-state index is 11.4. The Balaban J connectivity index is 2.13. The van der Waals surface area contributed by atoms with Crippen LogP contribution < -0.4 is 0 Å². The highest BCUT2D eigenvalue weighted by Gasteiger charge is 2.48. The molecule has 1 saturated carbocycles. The largest absolute Gasteiger partial charge is 0.453 e. The maximum atomic E-state index is 11.4. The molecule has 1 saturated heterocycles. The molecule has 2 fully saturated rings. The number of hydrogen-bond donors (Lipinski definition) is 0. The average molecular weight is 183 g/mol. The van der Waals surface area contributed by atoms with Crippen LogP contribution in [0.3, 0.4) is 0 Å². The van der Waals surface area contributed by atoms with E-state index in [0.717, 1.165) is 19.4 Å². The second-order valence-electron chi connectivity index (χ2n) is 4.48. The minimum atomic E-state index is -0.143. The van der Waals surface area contributed by atoms with Crippen molar-refractivity contribution in [1.82, 2.24) is 4.90 Å². The Kier molecular flexibility index (Phi) is 1.97. The molecule has 1 aliphatic heterocycles. The van der Waals surface area contributed by atoms with Crippen molar-refractivity contribution in [1.29, 1.82) is 0 Å². The van der Waals surface area contributed by atoms with Crippen molar-refractivity contribution < 1.29 is 9.53 Å². The zero-order valence-electron chi connectivity index (χ0n) is 8.38. The summed E-state index contributed by atoms with van der Waals surface area (Å²) in [4.78, 5) is 13.3. The number of likely N-dealkylation sites (tertiary alicyclic amines) is 1. The van der Waals surface area contributed by atoms with Gasteiger partial charge in [-0.3, -0.25) is 0 Å². The van der Waals surface area contributed by atoms with Gasteiger partial charge in [0.05, 0.1) is 7.11 Å². The van der Waals surface area contributed by atoms with Crippen molar-refractivity contribution in [2.75, 3.05) is 13.7 Å². The molecular weight excluding hydrogens is 166 g/mol. The van der Waals surface area contributed by atoms with Gasteiger partial charge < -0.3 is 9.64 Å². The first kappa shape index (κ1) is 8.85. The van der Waals surface area contributed by atoms with Gasteiger partial charge in [-0.05, 0) is 24.7 Å². The number of amides is 1. The lowest BCUT2D eigenvalue weighted by molar-refractivity contribution is 0.110. The number of rotatable bonds is 0. The first-order valence-electron chi connectivity index (χ1n) is 5.02. The number of fused-ring (bicyclic) bond motifs is 1. The van der Waals surface area contributed by atoms with E-state index in [4.69, 9.17) is 4.74 Å². The van der Waals surface area contributed by atoms with Gasteiger partial charge in [0, 0.05) is 12.6 Å². The second kappa shape index (κ2) is 2.89. The van der Waals surface area contributed by atoms with E-state index in [1.165, 1.54) is 20.0 Å². The molecular formula is C10H17NO2. The fourth-order valence-corrected chi connectivity index (χ4v) is 2.91. The third kappa shape index (κ3) is 1.21. The van der Waals surface area contributed by atoms with E-state index in [0.29, 0.717) is 11.5 Å². The van der Waals surface area contributed by atoms with Crippen LogP contribution in [-0.4, -0.2) is 30.7 Å². The van der Waals surface area contributed by atoms with Gasteiger partial charge in [-0.2, -0.15) is 0 Å². The van der Waals surface area contributed by atoms with Gasteiger partial charge in [-0.15, -0.1) is 0 Å². The van der Waals surface area contributed by atoms with E-state index in [-0.39, 0.29) is 6.09 Å². The predicted molar refractivity (Wildman–Crippen MR) is 49.5 cm³/mol. The molecule has 3 nitrogen and oxygen atoms in total. The van der Waals surface area contributed by atoms with E-state index in [1.54, 1.807) is 0 Å². The number of methoxy groups -OCH3 is 1. The van der Waals surface area contributed by atoms with Gasteiger partial charge in [0.25, 0.3) is 0 Å². The SMILES string of the molecule is COC(=O)N1CC[C@]2(C)CCC[C@H]12. The van der Waals surface area contributed by atoms with Crippen LogP contribution in [-0.2, 0) is 4.74 Å². The molecule has 0 aromatic heterocycles. The molecule has 0 bridgehead atoms. The summed E-state index contributed by atoms with van der Waals surface area (Å²) in [6.07, 6.45) is 4.69. The summed E-state index contributed by atoms with van der Waals surface area (Å²) in [6, 6.07) is 0.444. The molecule has 1 amide bonds. The maximum Gasteiger partial charge on any atom is 0.409 e. The van der Waals surface area contributed by atoms with Crippen LogP contribution in [0.5, 0.6) is 0 Å². The van der Waals surface area contributed by atoms with Crippen molar-refractivity contribution in [2.24, 2.45) is 5.41 Å². The highest BCUT2D eigenvalue weighted by molar-refractivity contribution is 5.68. The van der Waals surface area contributed by atoms with Gasteiger partial charge >= 0.3 is 6.09 Å². The Bertz CT molecular complexity index is 229. The molecule has 74 valence electrons. The normalized spacial score (nSPS) is 37.7. The zero-order chi connectivity index (χ0) is 9.47. The lowest BCUT2D eigenvalue weighted by Crippen LogP contribution is -2.38. The molecule has 3 heteroatoms. The third-order valence-corrected chi connectivity index (χ3v) is 3.74. The molecule has 2 rings (SSSR count). The Morgan fingerprint density at radius 3 is 3.00 bits per heavy atom. The van der Waals surface area contributed by atoms with Gasteiger partial charge in [0.2, 0.25) is 0 Å². The lowest BCUT2D eigenvalue weighted by Gasteiger charge is -2.27. The summed E-state index contributed by atoms with van der Waals surface area (Å²) in [5, 5.41) is 0. The topological polar surface area (TPSA) is 29.5 Å². The summed E-state index contributed by atoms with van der Waals surface area (Å²) in [6.45, 7) is 3.18. The van der Waals surface area contributed by atoms with Crippen LogP contribution >= 0.6 is 0 Å². The van der Waals surface area contributed by atoms with Crippen LogP contribution in [0.4, 0.5) is 4.79 Å². The summed E-state index contributed by atoms with van der Waals surface area (Å²) in [7, 11) is 1.47. The summed E-state index contributed by atoms with van der Waals surface area (Å²) in [5.41, 5.74) is 0.383. The molecule has 0 spiro atoms. The molecule has 13 heavy (non-hydrogen) atoms. The first-order valence-corrected chi connectivity index (χ1v) is 5.02. The van der Waals surface area contributed by atoms with Crippen LogP contribution in [0.15, 0.2) is 0 Å². The highest BCUT2D eigenvalue weighted by atomic mass is 16.5. The minimum Gasteiger partial charge on any atom is -0.453 e. The van der Waals surface area contributed by atoms with E-state index >= 15 is 0 Å². The Labute approximate surface area is 79.0 Å². The van der Waals surface area contributed by atoms with Crippen molar-refractivity contribution in [2.45, 2.75) is 38.6 Å². The van der Waals surface area contributed by atoms with E-state index < -0.39 is 0 Å². The lowest BCUT2D eigenvalue weighted by atomic mass is 9.85. The summed E-state index contributed by atoms with van der Waals surface area (Å²) in [5.74, 6) is 0. The number of hydrogen-bond acceptors (Lipinski definition) is 2. The van der Waals surface area contributed by atoms with Gasteiger partial charge in [-0.25, -0.2) is 4.79 Å². The van der Waals surface area contributed by atoms with Crippen LogP contribution in [0.1, 0.15) is 32.6 Å². The molecule has 2 aliphatic rings. The smallest absolute Gasteiger partial charge is 0.409 e. The zero-order valence-corrected chi connectivity index (χ0v) is 8.38. The first-order chi connectivity index (χ1) is 6.17. The van der Waals surface area contributed by atoms with E-state index in [1.807, 2.05) is 4.90 Å². The second-order valence-corrected chi connectivity index (χ2v) is 4.48. The molecule has 0 radical (unpaired) electrons. The van der Waals surface area contributed by atoms with E-state index in [9.17, 15) is 4.79 Å². The summed E-state index contributed by atoms with van der Waals surface area (Å²) < 4.78 is 4.77. The number of nitrogens with zero attached hydrogens (tertiary/aromatic N) is 1. The van der Waals surface area contributed by atoms with E-state index in [2.05, 4.69) is 6.92 Å². The molecule has 1 aliphatic carbocycles. The highest BCUT2D eigenvalue weighted by Crippen LogP contribution is 2.48. The number of carbonyl (C=O) groups is 1. The Morgan fingerprint density at radius 2 is 2.31 bits per heavy atom. The molecule has 0 unspecified atom stereocenters. The third-order valence-electron chi connectivity index (χ3n) is 3.74. The van der Waals surface area contributed by atoms with Gasteiger partial charge in [0.15, 0.2) is 0 Å².